The molecule has 0 saturated carbocycles. The number of carbonyl (C=O) groups is 1. The van der Waals surface area contributed by atoms with Crippen molar-refractivity contribution >= 4 is 76.6 Å². The van der Waals surface area contributed by atoms with Gasteiger partial charge >= 0.3 is 177 Å². The topological polar surface area (TPSA) is 67.3 Å². The van der Waals surface area contributed by atoms with Crippen LogP contribution in [0.1, 0.15) is 13.8 Å². The van der Waals surface area contributed by atoms with Gasteiger partial charge in [0, 0.05) is 27.1 Å². The first-order chi connectivity index (χ1) is 16.9. The molecule has 2 aliphatic heterocycles. The van der Waals surface area contributed by atoms with E-state index in [4.69, 9.17) is 5.11 Å². The van der Waals surface area contributed by atoms with Gasteiger partial charge in [0.25, 0.3) is 0 Å². The second-order valence-corrected chi connectivity index (χ2v) is 15.2. The quantitative estimate of drug-likeness (QED) is 0.0940. The van der Waals surface area contributed by atoms with E-state index in [9.17, 15) is 9.36 Å². The molecule has 1 N–H and O–H groups in total. The van der Waals surface area contributed by atoms with E-state index in [1.165, 1.54) is 33.3 Å². The Balaban J connectivity index is 0.000000338. The van der Waals surface area contributed by atoms with Crippen molar-refractivity contribution in [2.45, 2.75) is 13.8 Å². The molecule has 184 valence electrons. The van der Waals surface area contributed by atoms with Crippen molar-refractivity contribution in [3.63, 3.8) is 0 Å². The minimum Gasteiger partial charge on any atom is 0 e. The Kier molecular flexibility index (Phi) is 8.37. The second-order valence-electron chi connectivity index (χ2n) is 8.09. The first-order valence-electron chi connectivity index (χ1n) is 10.9. The van der Waals surface area contributed by atoms with Gasteiger partial charge in [0.15, 0.2) is 5.78 Å². The van der Waals surface area contributed by atoms with Crippen molar-refractivity contribution in [3.05, 3.63) is 96.9 Å². The number of ketones is 1. The summed E-state index contributed by atoms with van der Waals surface area (Å²) < 4.78 is 19.6. The van der Waals surface area contributed by atoms with Crippen LogP contribution < -0.4 is 33.8 Å². The summed E-state index contributed by atoms with van der Waals surface area (Å²) >= 11 is 0.233. The van der Waals surface area contributed by atoms with Gasteiger partial charge in [-0.3, -0.25) is 4.79 Å². The predicted octanol–water partition coefficient (Wildman–Crippen LogP) is 1.16. The molecule has 0 amide bonds. The van der Waals surface area contributed by atoms with Crippen LogP contribution in [0.2, 0.25) is 0 Å². The molecular formula is C28H21NO3PPtSe2-. The first-order valence-corrected chi connectivity index (χ1v) is 16.1. The van der Waals surface area contributed by atoms with Crippen molar-refractivity contribution in [1.29, 1.82) is 0 Å². The van der Waals surface area contributed by atoms with E-state index >= 15 is 0 Å². The van der Waals surface area contributed by atoms with Gasteiger partial charge in [0.1, 0.15) is 0 Å². The number of aliphatic hydroxyl groups excluding tert-OH is 1. The molecule has 6 rings (SSSR count). The Labute approximate surface area is 237 Å². The first kappa shape index (κ1) is 27.0. The molecule has 0 radical (unpaired) electrons. The number of fused-ring (bicyclic) bond motifs is 4. The number of allylic oxidation sites excluding steroid dienone is 2. The van der Waals surface area contributed by atoms with E-state index in [-0.39, 0.29) is 62.5 Å². The fourth-order valence-corrected chi connectivity index (χ4v) is 15.3. The van der Waals surface area contributed by atoms with Crippen LogP contribution in [0, 0.1) is 6.07 Å². The summed E-state index contributed by atoms with van der Waals surface area (Å²) in [5.41, 5.74) is 1.95. The predicted molar refractivity (Wildman–Crippen MR) is 145 cm³/mol. The van der Waals surface area contributed by atoms with Crippen molar-refractivity contribution in [2.75, 3.05) is 0 Å². The zero-order valence-corrected chi connectivity index (χ0v) is 26.0. The number of hydrogen-bond acceptors (Lipinski definition) is 4. The Morgan fingerprint density at radius 3 is 2.08 bits per heavy atom. The molecule has 0 spiro atoms. The van der Waals surface area contributed by atoms with Crippen molar-refractivity contribution < 1.29 is 35.5 Å². The number of rotatable bonds is 2. The number of hydrogen-bond donors (Lipinski definition) is 1. The number of pyridine rings is 1. The van der Waals surface area contributed by atoms with Crippen LogP contribution in [0.3, 0.4) is 0 Å². The molecule has 0 saturated heterocycles. The molecule has 0 bridgehead atoms. The average molecular weight is 803 g/mol. The molecule has 1 unspecified atom stereocenters. The van der Waals surface area contributed by atoms with E-state index in [2.05, 4.69) is 53.5 Å². The maximum Gasteiger partial charge on any atom is 0 e. The molecule has 4 aromatic rings. The third-order valence-electron chi connectivity index (χ3n) is 5.48. The average Bonchev–Trinajstić information content (AvgIpc) is 2.84. The van der Waals surface area contributed by atoms with Crippen LogP contribution in [0.15, 0.2) is 90.8 Å². The third-order valence-corrected chi connectivity index (χ3v) is 14.7. The largest absolute Gasteiger partial charge is 0 e. The van der Waals surface area contributed by atoms with E-state index in [1.807, 2.05) is 36.5 Å². The summed E-state index contributed by atoms with van der Waals surface area (Å²) in [6.45, 7) is 2.85. The van der Waals surface area contributed by atoms with Gasteiger partial charge in [-0.15, -0.1) is 0 Å². The van der Waals surface area contributed by atoms with E-state index < -0.39 is 7.14 Å². The van der Waals surface area contributed by atoms with Crippen molar-refractivity contribution in [2.24, 2.45) is 0 Å². The molecule has 2 aliphatic rings. The van der Waals surface area contributed by atoms with Gasteiger partial charge in [0.05, 0.1) is 5.76 Å². The number of benzene rings is 3. The summed E-state index contributed by atoms with van der Waals surface area (Å²) in [4.78, 5) is 14.5. The number of aliphatic hydroxyl groups is 1. The van der Waals surface area contributed by atoms with Crippen LogP contribution in [0.25, 0.3) is 11.3 Å². The summed E-state index contributed by atoms with van der Waals surface area (Å²) in [5, 5.41) is 11.5. The smallest absolute Gasteiger partial charge is 0 e. The van der Waals surface area contributed by atoms with Crippen LogP contribution in [-0.4, -0.2) is 45.8 Å². The molecule has 1 aromatic heterocycles. The van der Waals surface area contributed by atoms with Gasteiger partial charge in [-0.1, -0.05) is 0 Å². The van der Waals surface area contributed by atoms with Gasteiger partial charge in [-0.2, -0.15) is 0 Å². The number of nitrogens with zero attached hydrogens (tertiary/aromatic N) is 1. The van der Waals surface area contributed by atoms with E-state index in [0.29, 0.717) is 0 Å². The molecule has 0 fully saturated rings. The summed E-state index contributed by atoms with van der Waals surface area (Å²) in [6.07, 6.45) is 2.99. The molecule has 1 atom stereocenters. The molecule has 0 aliphatic carbocycles. The standard InChI is InChI=1S/C23H13NOPSe2.C5H8O2.Pt/c25-26-17-8-1-3-10-19(17)27-21-13-15(16-7-5-6-12-24-16)14-22(23(21)26)28-20-11-4-2-9-18(20)26;1-4(6)3-5(2)7;/h1-13H;3,6H,1-2H3;/q-1;;/b;4-3-;. The minimum absolute atomic E-state index is 0. The van der Waals surface area contributed by atoms with Crippen LogP contribution in [-0.2, 0) is 30.4 Å². The van der Waals surface area contributed by atoms with Crippen molar-refractivity contribution in [1.82, 2.24) is 4.98 Å². The summed E-state index contributed by atoms with van der Waals surface area (Å²) in [5.74, 6) is -0.0625. The molecule has 3 heterocycles. The second kappa shape index (κ2) is 11.2. The van der Waals surface area contributed by atoms with Gasteiger partial charge in [-0.25, -0.2) is 0 Å². The third kappa shape index (κ3) is 5.05. The fraction of sp³-hybridized carbons (Fsp3) is 0.0714. The van der Waals surface area contributed by atoms with Crippen molar-refractivity contribution in [3.8, 4) is 11.3 Å². The normalized spacial score (nSPS) is 16.8. The van der Waals surface area contributed by atoms with E-state index in [1.54, 1.807) is 0 Å². The molecule has 8 heteroatoms. The Morgan fingerprint density at radius 1 is 0.917 bits per heavy atom. The SMILES string of the molecule is CC(=O)/C=C(/C)O.O=P12c3ccccc3[Se]c3[c-]c(-c4ccccn4)cc(c31)[Se]c1ccccc12.[Pt]. The summed E-state index contributed by atoms with van der Waals surface area (Å²) in [6, 6.07) is 28.4. The minimum atomic E-state index is -2.85. The van der Waals surface area contributed by atoms with Gasteiger partial charge in [-0.05, 0) is 13.8 Å². The van der Waals surface area contributed by atoms with Crippen LogP contribution in [0.4, 0.5) is 0 Å². The zero-order valence-electron chi connectivity index (χ0n) is 19.4. The fourth-order valence-electron chi connectivity index (χ4n) is 4.14. The Hall–Kier alpha value is -2.02. The van der Waals surface area contributed by atoms with Crippen LogP contribution >= 0.6 is 7.14 Å². The number of aromatic nitrogens is 1. The molecule has 4 nitrogen and oxygen atoms in total. The zero-order chi connectivity index (χ0) is 24.6. The van der Waals surface area contributed by atoms with Gasteiger partial charge < -0.3 is 5.11 Å². The maximum absolute atomic E-state index is 14.8. The molecule has 3 aromatic carbocycles. The van der Waals surface area contributed by atoms with Crippen LogP contribution in [0.5, 0.6) is 0 Å². The Bertz CT molecular complexity index is 1460. The van der Waals surface area contributed by atoms with Gasteiger partial charge in [0.2, 0.25) is 0 Å². The molecular weight excluding hydrogens is 782 g/mol. The molecule has 36 heavy (non-hydrogen) atoms. The maximum atomic E-state index is 14.8. The van der Waals surface area contributed by atoms with E-state index in [0.717, 1.165) is 31.6 Å². The Morgan fingerprint density at radius 2 is 1.53 bits per heavy atom. The monoisotopic (exact) mass is 805 g/mol. The number of carbonyl (C=O) groups excluding carboxylic acids is 1. The summed E-state index contributed by atoms with van der Waals surface area (Å²) in [7, 11) is -2.85.